The Morgan fingerprint density at radius 2 is 1.91 bits per heavy atom. The summed E-state index contributed by atoms with van der Waals surface area (Å²) >= 11 is 6.10. The van der Waals surface area contributed by atoms with Crippen molar-refractivity contribution in [3.8, 4) is 0 Å². The minimum absolute atomic E-state index is 0.0204. The summed E-state index contributed by atoms with van der Waals surface area (Å²) in [6, 6.07) is 5.90. The van der Waals surface area contributed by atoms with Crippen LogP contribution in [0.15, 0.2) is 18.2 Å². The number of piperidine rings is 1. The van der Waals surface area contributed by atoms with Crippen LogP contribution in [0.3, 0.4) is 0 Å². The van der Waals surface area contributed by atoms with Gasteiger partial charge in [-0.25, -0.2) is 0 Å². The van der Waals surface area contributed by atoms with Crippen LogP contribution in [0.2, 0.25) is 5.02 Å². The molecular weight excluding hydrogens is 302 g/mol. The summed E-state index contributed by atoms with van der Waals surface area (Å²) in [6.07, 6.45) is 2.45. The van der Waals surface area contributed by atoms with E-state index in [0.717, 1.165) is 16.1 Å². The summed E-state index contributed by atoms with van der Waals surface area (Å²) in [5.41, 5.74) is 1.69. The van der Waals surface area contributed by atoms with Crippen LogP contribution in [0.5, 0.6) is 0 Å². The van der Waals surface area contributed by atoms with E-state index in [-0.39, 0.29) is 19.1 Å². The first kappa shape index (κ1) is 17.3. The molecule has 4 nitrogen and oxygen atoms in total. The Bertz CT molecular complexity index is 519. The zero-order valence-electron chi connectivity index (χ0n) is 13.0. The Morgan fingerprint density at radius 1 is 1.27 bits per heavy atom. The number of rotatable bonds is 5. The SMILES string of the molecule is Cc1ccc(CCC(=O)N2CCC(CO)(CO)CC2)cc1Cl. The highest BCUT2D eigenvalue weighted by Gasteiger charge is 2.34. The molecule has 0 spiro atoms. The molecule has 1 fully saturated rings. The highest BCUT2D eigenvalue weighted by atomic mass is 35.5. The lowest BCUT2D eigenvalue weighted by Crippen LogP contribution is -2.46. The molecule has 1 aromatic carbocycles. The van der Waals surface area contributed by atoms with E-state index in [1.54, 1.807) is 0 Å². The normalized spacial score (nSPS) is 17.5. The Balaban J connectivity index is 1.84. The molecule has 22 heavy (non-hydrogen) atoms. The molecule has 0 aromatic heterocycles. The van der Waals surface area contributed by atoms with Gasteiger partial charge in [0, 0.05) is 29.9 Å². The van der Waals surface area contributed by atoms with Crippen LogP contribution in [-0.2, 0) is 11.2 Å². The third-order valence-electron chi connectivity index (χ3n) is 4.71. The Labute approximate surface area is 136 Å². The van der Waals surface area contributed by atoms with Gasteiger partial charge < -0.3 is 15.1 Å². The minimum Gasteiger partial charge on any atom is -0.396 e. The van der Waals surface area contributed by atoms with Crippen LogP contribution in [0, 0.1) is 12.3 Å². The Kier molecular flexibility index (Phi) is 5.84. The van der Waals surface area contributed by atoms with Gasteiger partial charge in [0.15, 0.2) is 0 Å². The number of amides is 1. The lowest BCUT2D eigenvalue weighted by atomic mass is 9.80. The minimum atomic E-state index is -0.415. The molecule has 1 saturated heterocycles. The van der Waals surface area contributed by atoms with E-state index in [4.69, 9.17) is 11.6 Å². The molecule has 0 saturated carbocycles. The maximum absolute atomic E-state index is 12.3. The quantitative estimate of drug-likeness (QED) is 0.872. The van der Waals surface area contributed by atoms with Gasteiger partial charge in [-0.3, -0.25) is 4.79 Å². The molecule has 122 valence electrons. The fourth-order valence-corrected chi connectivity index (χ4v) is 3.00. The van der Waals surface area contributed by atoms with Crippen molar-refractivity contribution in [3.05, 3.63) is 34.3 Å². The molecule has 1 aromatic rings. The molecule has 0 unspecified atom stereocenters. The molecular formula is C17H24ClNO3. The van der Waals surface area contributed by atoms with E-state index in [1.807, 2.05) is 30.0 Å². The van der Waals surface area contributed by atoms with E-state index in [2.05, 4.69) is 0 Å². The van der Waals surface area contributed by atoms with Crippen molar-refractivity contribution in [1.82, 2.24) is 4.90 Å². The second-order valence-electron chi connectivity index (χ2n) is 6.28. The second-order valence-corrected chi connectivity index (χ2v) is 6.69. The number of benzene rings is 1. The fraction of sp³-hybridized carbons (Fsp3) is 0.588. The van der Waals surface area contributed by atoms with Crippen molar-refractivity contribution in [3.63, 3.8) is 0 Å². The van der Waals surface area contributed by atoms with Crippen molar-refractivity contribution in [1.29, 1.82) is 0 Å². The van der Waals surface area contributed by atoms with Crippen LogP contribution in [-0.4, -0.2) is 47.3 Å². The monoisotopic (exact) mass is 325 g/mol. The van der Waals surface area contributed by atoms with Gasteiger partial charge in [0.05, 0.1) is 13.2 Å². The summed E-state index contributed by atoms with van der Waals surface area (Å²) < 4.78 is 0. The predicted molar refractivity (Wildman–Crippen MR) is 86.9 cm³/mol. The number of hydrogen-bond donors (Lipinski definition) is 2. The third kappa shape index (κ3) is 4.00. The average molecular weight is 326 g/mol. The molecule has 0 radical (unpaired) electrons. The van der Waals surface area contributed by atoms with Crippen molar-refractivity contribution in [2.75, 3.05) is 26.3 Å². The van der Waals surface area contributed by atoms with E-state index in [0.29, 0.717) is 38.8 Å². The number of likely N-dealkylation sites (tertiary alicyclic amines) is 1. The van der Waals surface area contributed by atoms with Crippen LogP contribution in [0.4, 0.5) is 0 Å². The van der Waals surface area contributed by atoms with E-state index < -0.39 is 5.41 Å². The van der Waals surface area contributed by atoms with Gasteiger partial charge in [-0.1, -0.05) is 23.7 Å². The smallest absolute Gasteiger partial charge is 0.222 e. The number of aliphatic hydroxyl groups is 2. The molecule has 1 aliphatic heterocycles. The first-order valence-corrected chi connectivity index (χ1v) is 8.12. The number of carbonyl (C=O) groups is 1. The zero-order valence-corrected chi connectivity index (χ0v) is 13.8. The third-order valence-corrected chi connectivity index (χ3v) is 5.12. The largest absolute Gasteiger partial charge is 0.396 e. The van der Waals surface area contributed by atoms with E-state index in [1.165, 1.54) is 0 Å². The van der Waals surface area contributed by atoms with Crippen molar-refractivity contribution in [2.24, 2.45) is 5.41 Å². The molecule has 5 heteroatoms. The number of hydrogen-bond acceptors (Lipinski definition) is 3. The number of nitrogens with zero attached hydrogens (tertiary/aromatic N) is 1. The van der Waals surface area contributed by atoms with E-state index >= 15 is 0 Å². The number of halogens is 1. The maximum atomic E-state index is 12.3. The summed E-state index contributed by atoms with van der Waals surface area (Å²) in [5, 5.41) is 19.5. The first-order chi connectivity index (χ1) is 10.5. The molecule has 0 aliphatic carbocycles. The van der Waals surface area contributed by atoms with Crippen molar-refractivity contribution < 1.29 is 15.0 Å². The first-order valence-electron chi connectivity index (χ1n) is 7.74. The zero-order chi connectivity index (χ0) is 16.2. The second kappa shape index (κ2) is 7.44. The molecule has 1 amide bonds. The summed E-state index contributed by atoms with van der Waals surface area (Å²) in [7, 11) is 0. The molecule has 0 atom stereocenters. The summed E-state index contributed by atoms with van der Waals surface area (Å²) in [6.45, 7) is 3.13. The van der Waals surface area contributed by atoms with Crippen LogP contribution in [0.1, 0.15) is 30.4 Å². The van der Waals surface area contributed by atoms with Crippen molar-refractivity contribution in [2.45, 2.75) is 32.6 Å². The van der Waals surface area contributed by atoms with Gasteiger partial charge in [0.1, 0.15) is 0 Å². The Hall–Kier alpha value is -1.10. The van der Waals surface area contributed by atoms with Crippen LogP contribution < -0.4 is 0 Å². The average Bonchev–Trinajstić information content (AvgIpc) is 2.55. The summed E-state index contributed by atoms with van der Waals surface area (Å²) in [5.74, 6) is 0.126. The van der Waals surface area contributed by atoms with Gasteiger partial charge in [0.2, 0.25) is 5.91 Å². The molecule has 1 aliphatic rings. The molecule has 0 bridgehead atoms. The topological polar surface area (TPSA) is 60.8 Å². The van der Waals surface area contributed by atoms with Gasteiger partial charge in [-0.15, -0.1) is 0 Å². The molecule has 2 N–H and O–H groups in total. The fourth-order valence-electron chi connectivity index (χ4n) is 2.80. The van der Waals surface area contributed by atoms with Gasteiger partial charge >= 0.3 is 0 Å². The standard InChI is InChI=1S/C17H24ClNO3/c1-13-2-3-14(10-15(13)18)4-5-16(22)19-8-6-17(11-20,12-21)7-9-19/h2-3,10,20-21H,4-9,11-12H2,1H3. The molecule has 2 rings (SSSR count). The van der Waals surface area contributed by atoms with Gasteiger partial charge in [-0.2, -0.15) is 0 Å². The van der Waals surface area contributed by atoms with Crippen LogP contribution in [0.25, 0.3) is 0 Å². The highest BCUT2D eigenvalue weighted by Crippen LogP contribution is 2.30. The summed E-state index contributed by atoms with van der Waals surface area (Å²) in [4.78, 5) is 14.1. The van der Waals surface area contributed by atoms with Crippen LogP contribution >= 0.6 is 11.6 Å². The maximum Gasteiger partial charge on any atom is 0.222 e. The van der Waals surface area contributed by atoms with Crippen molar-refractivity contribution >= 4 is 17.5 Å². The van der Waals surface area contributed by atoms with Gasteiger partial charge in [-0.05, 0) is 43.4 Å². The Morgan fingerprint density at radius 3 is 2.45 bits per heavy atom. The lowest BCUT2D eigenvalue weighted by molar-refractivity contribution is -0.134. The molecule has 1 heterocycles. The number of aryl methyl sites for hydroxylation is 2. The van der Waals surface area contributed by atoms with E-state index in [9.17, 15) is 15.0 Å². The predicted octanol–water partition coefficient (Wildman–Crippen LogP) is 2.17. The highest BCUT2D eigenvalue weighted by molar-refractivity contribution is 6.31. The number of carbonyl (C=O) groups excluding carboxylic acids is 1. The number of aliphatic hydroxyl groups excluding tert-OH is 2. The lowest BCUT2D eigenvalue weighted by Gasteiger charge is -2.39. The van der Waals surface area contributed by atoms with Gasteiger partial charge in [0.25, 0.3) is 0 Å².